The Morgan fingerprint density at radius 3 is 2.43 bits per heavy atom. The average Bonchev–Trinajstić information content (AvgIpc) is 2.16. The van der Waals surface area contributed by atoms with Crippen LogP contribution in [0.5, 0.6) is 0 Å². The second-order valence-electron chi connectivity index (χ2n) is 3.83. The third-order valence-corrected chi connectivity index (χ3v) is 1.81. The van der Waals surface area contributed by atoms with Crippen LogP contribution in [-0.2, 0) is 9.47 Å². The van der Waals surface area contributed by atoms with Gasteiger partial charge in [0.25, 0.3) is 0 Å². The van der Waals surface area contributed by atoms with E-state index >= 15 is 0 Å². The Kier molecular flexibility index (Phi) is 8.08. The van der Waals surface area contributed by atoms with Gasteiger partial charge in [-0.25, -0.2) is 0 Å². The second-order valence-corrected chi connectivity index (χ2v) is 3.83. The zero-order chi connectivity index (χ0) is 10.9. The predicted octanol–water partition coefficient (Wildman–Crippen LogP) is 0.529. The topological polar surface area (TPSA) is 64.7 Å². The van der Waals surface area contributed by atoms with Gasteiger partial charge in [-0.2, -0.15) is 0 Å². The van der Waals surface area contributed by atoms with Crippen LogP contribution >= 0.6 is 0 Å². The number of nitrogens with two attached hydrogens (primary N) is 1. The summed E-state index contributed by atoms with van der Waals surface area (Å²) in [7, 11) is 0. The molecule has 0 rings (SSSR count). The normalized spacial score (nSPS) is 15.4. The van der Waals surface area contributed by atoms with E-state index in [2.05, 4.69) is 6.92 Å². The van der Waals surface area contributed by atoms with Crippen molar-refractivity contribution in [3.8, 4) is 0 Å². The van der Waals surface area contributed by atoms with Crippen LogP contribution in [0.3, 0.4) is 0 Å². The van der Waals surface area contributed by atoms with Crippen LogP contribution < -0.4 is 5.73 Å². The molecule has 0 spiro atoms. The molecule has 0 heterocycles. The van der Waals surface area contributed by atoms with Crippen molar-refractivity contribution in [1.29, 1.82) is 0 Å². The fourth-order valence-corrected chi connectivity index (χ4v) is 0.817. The summed E-state index contributed by atoms with van der Waals surface area (Å²) < 4.78 is 10.6. The molecule has 0 fully saturated rings. The minimum absolute atomic E-state index is 0.0658. The summed E-state index contributed by atoms with van der Waals surface area (Å²) in [4.78, 5) is 0. The van der Waals surface area contributed by atoms with Gasteiger partial charge < -0.3 is 20.3 Å². The van der Waals surface area contributed by atoms with Crippen molar-refractivity contribution in [3.05, 3.63) is 0 Å². The molecule has 0 aliphatic heterocycles. The summed E-state index contributed by atoms with van der Waals surface area (Å²) in [5.74, 6) is 0. The van der Waals surface area contributed by atoms with Crippen molar-refractivity contribution in [2.45, 2.75) is 32.2 Å². The van der Waals surface area contributed by atoms with E-state index in [9.17, 15) is 0 Å². The first-order valence-electron chi connectivity index (χ1n) is 5.17. The lowest BCUT2D eigenvalue weighted by molar-refractivity contribution is 0.0180. The van der Waals surface area contributed by atoms with Crippen LogP contribution in [0.2, 0.25) is 0 Å². The molecule has 0 amide bonds. The highest BCUT2D eigenvalue weighted by molar-refractivity contribution is 4.76. The molecular weight excluding hydrogens is 182 g/mol. The lowest BCUT2D eigenvalue weighted by atomic mass is 10.1. The maximum Gasteiger partial charge on any atom is 0.0701 e. The van der Waals surface area contributed by atoms with Crippen molar-refractivity contribution in [1.82, 2.24) is 0 Å². The average molecular weight is 205 g/mol. The van der Waals surface area contributed by atoms with Crippen LogP contribution in [0.1, 0.15) is 26.7 Å². The van der Waals surface area contributed by atoms with E-state index in [1.165, 1.54) is 0 Å². The first-order valence-corrected chi connectivity index (χ1v) is 5.17. The molecule has 14 heavy (non-hydrogen) atoms. The van der Waals surface area contributed by atoms with E-state index in [1.807, 2.05) is 0 Å². The molecule has 0 saturated carbocycles. The van der Waals surface area contributed by atoms with Crippen molar-refractivity contribution in [3.63, 3.8) is 0 Å². The minimum atomic E-state index is -0.635. The number of aliphatic hydroxyl groups is 1. The maximum absolute atomic E-state index is 8.83. The van der Waals surface area contributed by atoms with Gasteiger partial charge in [-0.3, -0.25) is 0 Å². The first kappa shape index (κ1) is 13.8. The van der Waals surface area contributed by atoms with Crippen molar-refractivity contribution in [2.75, 3.05) is 33.0 Å². The summed E-state index contributed by atoms with van der Waals surface area (Å²) in [5, 5.41) is 8.83. The fraction of sp³-hybridized carbons (Fsp3) is 1.00. The third kappa shape index (κ3) is 8.44. The summed E-state index contributed by atoms with van der Waals surface area (Å²) in [5.41, 5.74) is 5.03. The number of hydrogen-bond acceptors (Lipinski definition) is 4. The zero-order valence-corrected chi connectivity index (χ0v) is 9.29. The number of aliphatic hydroxyl groups excluding tert-OH is 1. The van der Waals surface area contributed by atoms with E-state index in [0.717, 1.165) is 19.4 Å². The smallest absolute Gasteiger partial charge is 0.0701 e. The summed E-state index contributed by atoms with van der Waals surface area (Å²) in [6, 6.07) is 0. The Bertz CT molecular complexity index is 129. The summed E-state index contributed by atoms with van der Waals surface area (Å²) in [6.45, 7) is 6.11. The Hall–Kier alpha value is -0.160. The van der Waals surface area contributed by atoms with E-state index in [4.69, 9.17) is 20.3 Å². The van der Waals surface area contributed by atoms with Crippen molar-refractivity contribution < 1.29 is 14.6 Å². The van der Waals surface area contributed by atoms with Gasteiger partial charge in [0.15, 0.2) is 0 Å². The minimum Gasteiger partial charge on any atom is -0.394 e. The number of unbranched alkanes of at least 4 members (excludes halogenated alkanes) is 1. The SMILES string of the molecule is CCCCOCCOCC(C)(N)CO. The molecule has 0 aliphatic carbocycles. The molecule has 86 valence electrons. The predicted molar refractivity (Wildman–Crippen MR) is 56.2 cm³/mol. The van der Waals surface area contributed by atoms with Crippen LogP contribution in [0.4, 0.5) is 0 Å². The Morgan fingerprint density at radius 1 is 1.21 bits per heavy atom. The van der Waals surface area contributed by atoms with Crippen LogP contribution in [0.15, 0.2) is 0 Å². The van der Waals surface area contributed by atoms with Gasteiger partial charge in [-0.1, -0.05) is 13.3 Å². The molecule has 0 aromatic rings. The molecule has 0 bridgehead atoms. The van der Waals surface area contributed by atoms with Gasteiger partial charge in [-0.15, -0.1) is 0 Å². The Balaban J connectivity index is 3.13. The second kappa shape index (κ2) is 8.17. The lowest BCUT2D eigenvalue weighted by Gasteiger charge is -2.21. The van der Waals surface area contributed by atoms with Gasteiger partial charge in [0.1, 0.15) is 0 Å². The van der Waals surface area contributed by atoms with E-state index in [-0.39, 0.29) is 6.61 Å². The highest BCUT2D eigenvalue weighted by atomic mass is 16.5. The molecule has 0 aromatic heterocycles. The van der Waals surface area contributed by atoms with E-state index < -0.39 is 5.54 Å². The quantitative estimate of drug-likeness (QED) is 0.539. The van der Waals surface area contributed by atoms with E-state index in [0.29, 0.717) is 19.8 Å². The van der Waals surface area contributed by atoms with Gasteiger partial charge in [-0.05, 0) is 13.3 Å². The molecular formula is C10H23NO3. The largest absolute Gasteiger partial charge is 0.394 e. The summed E-state index contributed by atoms with van der Waals surface area (Å²) >= 11 is 0. The van der Waals surface area contributed by atoms with Gasteiger partial charge >= 0.3 is 0 Å². The monoisotopic (exact) mass is 205 g/mol. The lowest BCUT2D eigenvalue weighted by Crippen LogP contribution is -2.45. The molecule has 1 unspecified atom stereocenters. The molecule has 0 aliphatic rings. The zero-order valence-electron chi connectivity index (χ0n) is 9.29. The van der Waals surface area contributed by atoms with Gasteiger partial charge in [0, 0.05) is 6.61 Å². The van der Waals surface area contributed by atoms with Gasteiger partial charge in [0.2, 0.25) is 0 Å². The first-order chi connectivity index (χ1) is 6.62. The molecule has 4 nitrogen and oxygen atoms in total. The van der Waals surface area contributed by atoms with Crippen LogP contribution in [0, 0.1) is 0 Å². The molecule has 3 N–H and O–H groups in total. The highest BCUT2D eigenvalue weighted by Gasteiger charge is 2.16. The van der Waals surface area contributed by atoms with Gasteiger partial charge in [0.05, 0.1) is 32.0 Å². The summed E-state index contributed by atoms with van der Waals surface area (Å²) in [6.07, 6.45) is 2.23. The highest BCUT2D eigenvalue weighted by Crippen LogP contribution is 1.97. The molecule has 0 radical (unpaired) electrons. The molecule has 0 aromatic carbocycles. The van der Waals surface area contributed by atoms with E-state index in [1.54, 1.807) is 6.92 Å². The molecule has 1 atom stereocenters. The Labute approximate surface area is 86.4 Å². The van der Waals surface area contributed by atoms with Crippen molar-refractivity contribution in [2.24, 2.45) is 5.73 Å². The molecule has 0 saturated heterocycles. The van der Waals surface area contributed by atoms with Crippen LogP contribution in [-0.4, -0.2) is 43.7 Å². The fourth-order valence-electron chi connectivity index (χ4n) is 0.817. The number of hydrogen-bond donors (Lipinski definition) is 2. The van der Waals surface area contributed by atoms with Crippen LogP contribution in [0.25, 0.3) is 0 Å². The maximum atomic E-state index is 8.83. The standard InChI is InChI=1S/C10H23NO3/c1-3-4-5-13-6-7-14-9-10(2,11)8-12/h12H,3-9,11H2,1-2H3. The Morgan fingerprint density at radius 2 is 1.86 bits per heavy atom. The number of rotatable bonds is 9. The third-order valence-electron chi connectivity index (χ3n) is 1.81. The number of ether oxygens (including phenoxy) is 2. The van der Waals surface area contributed by atoms with Crippen molar-refractivity contribution >= 4 is 0 Å². The molecule has 4 heteroatoms.